The van der Waals surface area contributed by atoms with Crippen molar-refractivity contribution < 1.29 is 29.6 Å². The fourth-order valence-corrected chi connectivity index (χ4v) is 3.22. The van der Waals surface area contributed by atoms with Crippen LogP contribution >= 0.6 is 0 Å². The van der Waals surface area contributed by atoms with Gasteiger partial charge >= 0.3 is 0 Å². The van der Waals surface area contributed by atoms with E-state index in [4.69, 9.17) is 9.84 Å². The predicted molar refractivity (Wildman–Crippen MR) is 118 cm³/mol. The number of benzene rings is 2. The van der Waals surface area contributed by atoms with Crippen LogP contribution in [-0.4, -0.2) is 65.0 Å². The van der Waals surface area contributed by atoms with Crippen molar-refractivity contribution in [2.45, 2.75) is 50.6 Å². The molecule has 0 aliphatic rings. The van der Waals surface area contributed by atoms with Gasteiger partial charge in [-0.1, -0.05) is 42.5 Å². The van der Waals surface area contributed by atoms with E-state index in [0.717, 1.165) is 30.4 Å². The average Bonchev–Trinajstić information content (AvgIpc) is 2.78. The van der Waals surface area contributed by atoms with Gasteiger partial charge in [0.2, 0.25) is 0 Å². The Morgan fingerprint density at radius 2 is 1.68 bits per heavy atom. The Bertz CT molecular complexity index is 746. The van der Waals surface area contributed by atoms with Crippen LogP contribution in [-0.2, 0) is 11.3 Å². The molecule has 0 aromatic heterocycles. The second-order valence-electron chi connectivity index (χ2n) is 7.63. The standard InChI is InChI=1S/C24H34FNO5/c25-21-15-19(18-7-3-1-4-8-18)9-10-20(21)17-31-14-6-2-5-12-26-16-23(29)24(30)22(28)11-13-27/h1,3-4,7-10,15,22-24,26-30H,2,5-6,11-14,16-17H2. The van der Waals surface area contributed by atoms with Crippen LogP contribution in [0.4, 0.5) is 4.39 Å². The van der Waals surface area contributed by atoms with Gasteiger partial charge in [-0.2, -0.15) is 0 Å². The first-order chi connectivity index (χ1) is 15.0. The van der Waals surface area contributed by atoms with Gasteiger partial charge in [-0.25, -0.2) is 4.39 Å². The highest BCUT2D eigenvalue weighted by molar-refractivity contribution is 5.63. The summed E-state index contributed by atoms with van der Waals surface area (Å²) in [4.78, 5) is 0. The lowest BCUT2D eigenvalue weighted by Crippen LogP contribution is -2.43. The van der Waals surface area contributed by atoms with Crippen molar-refractivity contribution in [1.29, 1.82) is 0 Å². The summed E-state index contributed by atoms with van der Waals surface area (Å²) in [7, 11) is 0. The Balaban J connectivity index is 1.55. The molecule has 6 nitrogen and oxygen atoms in total. The Kier molecular flexibility index (Phi) is 11.7. The average molecular weight is 436 g/mol. The molecule has 0 fully saturated rings. The third-order valence-corrected chi connectivity index (χ3v) is 5.13. The number of unbranched alkanes of at least 4 members (excludes halogenated alkanes) is 2. The van der Waals surface area contributed by atoms with Crippen LogP contribution in [0.25, 0.3) is 11.1 Å². The summed E-state index contributed by atoms with van der Waals surface area (Å²) in [5.74, 6) is -0.268. The van der Waals surface area contributed by atoms with E-state index in [1.165, 1.54) is 6.07 Å². The van der Waals surface area contributed by atoms with E-state index in [9.17, 15) is 19.7 Å². The first-order valence-corrected chi connectivity index (χ1v) is 10.8. The number of hydrogen-bond acceptors (Lipinski definition) is 6. The zero-order valence-electron chi connectivity index (χ0n) is 17.8. The van der Waals surface area contributed by atoms with E-state index in [0.29, 0.717) is 18.7 Å². The van der Waals surface area contributed by atoms with E-state index in [-0.39, 0.29) is 32.0 Å². The van der Waals surface area contributed by atoms with Gasteiger partial charge in [-0.3, -0.25) is 0 Å². The van der Waals surface area contributed by atoms with Gasteiger partial charge in [-0.15, -0.1) is 0 Å². The van der Waals surface area contributed by atoms with Gasteiger partial charge in [0.1, 0.15) is 11.9 Å². The number of ether oxygens (including phenoxy) is 1. The smallest absolute Gasteiger partial charge is 0.129 e. The van der Waals surface area contributed by atoms with Crippen LogP contribution < -0.4 is 5.32 Å². The maximum Gasteiger partial charge on any atom is 0.129 e. The normalized spacial score (nSPS) is 14.4. The van der Waals surface area contributed by atoms with Crippen molar-refractivity contribution in [3.05, 3.63) is 59.9 Å². The lowest BCUT2D eigenvalue weighted by molar-refractivity contribution is -0.0642. The molecule has 0 spiro atoms. The quantitative estimate of drug-likeness (QED) is 0.275. The molecule has 0 saturated heterocycles. The number of rotatable bonds is 15. The number of aliphatic hydroxyl groups excluding tert-OH is 4. The third-order valence-electron chi connectivity index (χ3n) is 5.13. The molecular formula is C24H34FNO5. The first kappa shape index (κ1) is 25.4. The molecule has 172 valence electrons. The molecule has 0 aliphatic carbocycles. The van der Waals surface area contributed by atoms with Gasteiger partial charge in [0.15, 0.2) is 0 Å². The summed E-state index contributed by atoms with van der Waals surface area (Å²) in [6, 6.07) is 14.9. The van der Waals surface area contributed by atoms with Crippen molar-refractivity contribution >= 4 is 0 Å². The zero-order valence-corrected chi connectivity index (χ0v) is 17.8. The molecule has 2 rings (SSSR count). The third kappa shape index (κ3) is 9.03. The fourth-order valence-electron chi connectivity index (χ4n) is 3.22. The molecule has 0 bridgehead atoms. The second kappa shape index (κ2) is 14.2. The molecule has 0 radical (unpaired) electrons. The Hall–Kier alpha value is -1.87. The van der Waals surface area contributed by atoms with Crippen molar-refractivity contribution in [3.63, 3.8) is 0 Å². The van der Waals surface area contributed by atoms with Gasteiger partial charge < -0.3 is 30.5 Å². The topological polar surface area (TPSA) is 102 Å². The van der Waals surface area contributed by atoms with E-state index in [2.05, 4.69) is 5.32 Å². The molecule has 2 aromatic rings. The van der Waals surface area contributed by atoms with Crippen molar-refractivity contribution in [2.75, 3.05) is 26.3 Å². The number of hydrogen-bond donors (Lipinski definition) is 5. The highest BCUT2D eigenvalue weighted by atomic mass is 19.1. The molecular weight excluding hydrogens is 401 g/mol. The molecule has 2 aromatic carbocycles. The highest BCUT2D eigenvalue weighted by Gasteiger charge is 2.23. The van der Waals surface area contributed by atoms with E-state index >= 15 is 0 Å². The molecule has 7 heteroatoms. The van der Waals surface area contributed by atoms with Crippen LogP contribution in [0.15, 0.2) is 48.5 Å². The van der Waals surface area contributed by atoms with Crippen molar-refractivity contribution in [1.82, 2.24) is 5.32 Å². The molecule has 3 unspecified atom stereocenters. The minimum absolute atomic E-state index is 0.0271. The lowest BCUT2D eigenvalue weighted by atomic mass is 10.0. The molecule has 0 saturated carbocycles. The van der Waals surface area contributed by atoms with Gasteiger partial charge in [0.05, 0.1) is 18.8 Å². The number of halogens is 1. The van der Waals surface area contributed by atoms with E-state index in [1.54, 1.807) is 6.07 Å². The molecule has 0 heterocycles. The van der Waals surface area contributed by atoms with Crippen LogP contribution in [0.2, 0.25) is 0 Å². The second-order valence-corrected chi connectivity index (χ2v) is 7.63. The van der Waals surface area contributed by atoms with Crippen LogP contribution in [0.5, 0.6) is 0 Å². The van der Waals surface area contributed by atoms with Gasteiger partial charge in [0.25, 0.3) is 0 Å². The summed E-state index contributed by atoms with van der Waals surface area (Å²) in [6.07, 6.45) is -0.869. The predicted octanol–water partition coefficient (Wildman–Crippen LogP) is 2.23. The monoisotopic (exact) mass is 435 g/mol. The SMILES string of the molecule is OCCC(O)C(O)C(O)CNCCCCCOCc1ccc(-c2ccccc2)cc1F. The van der Waals surface area contributed by atoms with Crippen LogP contribution in [0.3, 0.4) is 0 Å². The Morgan fingerprint density at radius 1 is 0.903 bits per heavy atom. The Morgan fingerprint density at radius 3 is 2.39 bits per heavy atom. The maximum absolute atomic E-state index is 14.3. The van der Waals surface area contributed by atoms with E-state index < -0.39 is 18.3 Å². The molecule has 31 heavy (non-hydrogen) atoms. The summed E-state index contributed by atoms with van der Waals surface area (Å²) >= 11 is 0. The molecule has 5 N–H and O–H groups in total. The molecule has 0 amide bonds. The van der Waals surface area contributed by atoms with Crippen molar-refractivity contribution in [3.8, 4) is 11.1 Å². The first-order valence-electron chi connectivity index (χ1n) is 10.8. The van der Waals surface area contributed by atoms with Crippen LogP contribution in [0, 0.1) is 5.82 Å². The Labute approximate surface area is 183 Å². The van der Waals surface area contributed by atoms with Crippen molar-refractivity contribution in [2.24, 2.45) is 0 Å². The van der Waals surface area contributed by atoms with Crippen LogP contribution in [0.1, 0.15) is 31.2 Å². The summed E-state index contributed by atoms with van der Waals surface area (Å²) < 4.78 is 19.9. The largest absolute Gasteiger partial charge is 0.396 e. The van der Waals surface area contributed by atoms with Gasteiger partial charge in [-0.05, 0) is 49.4 Å². The lowest BCUT2D eigenvalue weighted by Gasteiger charge is -2.22. The fraction of sp³-hybridized carbons (Fsp3) is 0.500. The summed E-state index contributed by atoms with van der Waals surface area (Å²) in [5, 5.41) is 40.8. The maximum atomic E-state index is 14.3. The summed E-state index contributed by atoms with van der Waals surface area (Å²) in [5.41, 5.74) is 2.36. The minimum Gasteiger partial charge on any atom is -0.396 e. The summed E-state index contributed by atoms with van der Waals surface area (Å²) in [6.45, 7) is 1.36. The molecule has 0 aliphatic heterocycles. The zero-order chi connectivity index (χ0) is 22.5. The minimum atomic E-state index is -1.28. The highest BCUT2D eigenvalue weighted by Crippen LogP contribution is 2.22. The number of nitrogens with one attached hydrogen (secondary N) is 1. The number of aliphatic hydroxyl groups is 4. The molecule has 3 atom stereocenters. The van der Waals surface area contributed by atoms with Gasteiger partial charge in [0, 0.05) is 25.3 Å². The van der Waals surface area contributed by atoms with E-state index in [1.807, 2.05) is 36.4 Å².